The van der Waals surface area contributed by atoms with Crippen LogP contribution in [0.3, 0.4) is 0 Å². The Morgan fingerprint density at radius 1 is 1.50 bits per heavy atom. The van der Waals surface area contributed by atoms with Crippen LogP contribution >= 0.6 is 11.8 Å². The van der Waals surface area contributed by atoms with Gasteiger partial charge in [-0.3, -0.25) is 4.90 Å². The van der Waals surface area contributed by atoms with Crippen molar-refractivity contribution in [2.45, 2.75) is 19.5 Å². The van der Waals surface area contributed by atoms with Crippen LogP contribution in [-0.4, -0.2) is 30.0 Å². The van der Waals surface area contributed by atoms with Gasteiger partial charge in [-0.1, -0.05) is 6.07 Å². The molecule has 1 rings (SSSR count). The molecule has 16 heavy (non-hydrogen) atoms. The molecule has 0 radical (unpaired) electrons. The zero-order valence-electron chi connectivity index (χ0n) is 10.0. The number of hydrogen-bond donors (Lipinski definition) is 1. The van der Waals surface area contributed by atoms with Crippen molar-refractivity contribution in [3.8, 4) is 0 Å². The highest BCUT2D eigenvalue weighted by Gasteiger charge is 2.10. The van der Waals surface area contributed by atoms with Gasteiger partial charge in [-0.2, -0.15) is 11.8 Å². The van der Waals surface area contributed by atoms with Crippen LogP contribution in [-0.2, 0) is 6.54 Å². The third-order valence-corrected chi connectivity index (χ3v) is 3.50. The van der Waals surface area contributed by atoms with Crippen molar-refractivity contribution in [3.05, 3.63) is 29.6 Å². The first-order chi connectivity index (χ1) is 7.54. The summed E-state index contributed by atoms with van der Waals surface area (Å²) >= 11 is 1.82. The molecule has 90 valence electrons. The first kappa shape index (κ1) is 13.3. The first-order valence-electron chi connectivity index (χ1n) is 5.27. The molecule has 0 heterocycles. The van der Waals surface area contributed by atoms with Crippen molar-refractivity contribution in [2.75, 3.05) is 24.8 Å². The van der Waals surface area contributed by atoms with Gasteiger partial charge >= 0.3 is 0 Å². The van der Waals surface area contributed by atoms with E-state index in [-0.39, 0.29) is 5.82 Å². The van der Waals surface area contributed by atoms with E-state index in [1.54, 1.807) is 6.07 Å². The van der Waals surface area contributed by atoms with E-state index >= 15 is 0 Å². The van der Waals surface area contributed by atoms with Crippen LogP contribution in [0.1, 0.15) is 12.5 Å². The third kappa shape index (κ3) is 3.68. The zero-order valence-corrected chi connectivity index (χ0v) is 10.9. The second kappa shape index (κ2) is 6.11. The van der Waals surface area contributed by atoms with Gasteiger partial charge in [0.25, 0.3) is 0 Å². The smallest absolute Gasteiger partial charge is 0.125 e. The lowest BCUT2D eigenvalue weighted by Gasteiger charge is -2.24. The second-order valence-electron chi connectivity index (χ2n) is 4.06. The minimum absolute atomic E-state index is 0.277. The van der Waals surface area contributed by atoms with Crippen LogP contribution in [0.2, 0.25) is 0 Å². The maximum Gasteiger partial charge on any atom is 0.125 e. The maximum atomic E-state index is 12.9. The minimum Gasteiger partial charge on any atom is -0.398 e. The van der Waals surface area contributed by atoms with Crippen LogP contribution in [0.15, 0.2) is 18.2 Å². The topological polar surface area (TPSA) is 29.3 Å². The highest BCUT2D eigenvalue weighted by Crippen LogP contribution is 2.16. The molecule has 0 aliphatic carbocycles. The largest absolute Gasteiger partial charge is 0.398 e. The van der Waals surface area contributed by atoms with E-state index in [1.807, 2.05) is 11.8 Å². The first-order valence-corrected chi connectivity index (χ1v) is 6.67. The Morgan fingerprint density at radius 3 is 2.75 bits per heavy atom. The Kier molecular flexibility index (Phi) is 5.09. The third-order valence-electron chi connectivity index (χ3n) is 2.69. The summed E-state index contributed by atoms with van der Waals surface area (Å²) in [7, 11) is 2.06. The Bertz CT molecular complexity index is 344. The molecule has 1 aromatic carbocycles. The Morgan fingerprint density at radius 2 is 2.19 bits per heavy atom. The Balaban J connectivity index is 2.65. The Labute approximate surface area is 101 Å². The van der Waals surface area contributed by atoms with Crippen molar-refractivity contribution in [1.82, 2.24) is 4.90 Å². The normalized spacial score (nSPS) is 13.1. The SMILES string of the molecule is CSCC(C)N(C)Cc1ccc(F)cc1N. The predicted molar refractivity (Wildman–Crippen MR) is 70.1 cm³/mol. The van der Waals surface area contributed by atoms with Gasteiger partial charge in [0.1, 0.15) is 5.82 Å². The summed E-state index contributed by atoms with van der Waals surface area (Å²) in [6.45, 7) is 2.93. The van der Waals surface area contributed by atoms with Crippen LogP contribution in [0.25, 0.3) is 0 Å². The van der Waals surface area contributed by atoms with Crippen LogP contribution in [0.4, 0.5) is 10.1 Å². The lowest BCUT2D eigenvalue weighted by molar-refractivity contribution is 0.270. The van der Waals surface area contributed by atoms with Crippen molar-refractivity contribution in [3.63, 3.8) is 0 Å². The number of halogens is 1. The van der Waals surface area contributed by atoms with Gasteiger partial charge in [-0.25, -0.2) is 4.39 Å². The molecular formula is C12H19FN2S. The molecule has 0 saturated heterocycles. The van der Waals surface area contributed by atoms with E-state index in [2.05, 4.69) is 25.1 Å². The van der Waals surface area contributed by atoms with Crippen LogP contribution in [0.5, 0.6) is 0 Å². The molecule has 4 heteroatoms. The van der Waals surface area contributed by atoms with E-state index in [4.69, 9.17) is 5.73 Å². The highest BCUT2D eigenvalue weighted by molar-refractivity contribution is 7.98. The number of nitrogens with two attached hydrogens (primary N) is 1. The molecule has 2 N–H and O–H groups in total. The number of benzene rings is 1. The zero-order chi connectivity index (χ0) is 12.1. The molecule has 0 bridgehead atoms. The fraction of sp³-hybridized carbons (Fsp3) is 0.500. The fourth-order valence-electron chi connectivity index (χ4n) is 1.50. The van der Waals surface area contributed by atoms with E-state index in [0.717, 1.165) is 17.9 Å². The van der Waals surface area contributed by atoms with Crippen molar-refractivity contribution < 1.29 is 4.39 Å². The predicted octanol–water partition coefficient (Wildman–Crippen LogP) is 2.59. The van der Waals surface area contributed by atoms with Gasteiger partial charge in [-0.05, 0) is 37.9 Å². The van der Waals surface area contributed by atoms with Gasteiger partial charge < -0.3 is 5.73 Å². The standard InChI is InChI=1S/C12H19FN2S/c1-9(8-16-3)15(2)7-10-4-5-11(13)6-12(10)14/h4-6,9H,7-8,14H2,1-3H3. The molecule has 0 saturated carbocycles. The molecule has 2 nitrogen and oxygen atoms in total. The monoisotopic (exact) mass is 242 g/mol. The second-order valence-corrected chi connectivity index (χ2v) is 4.97. The summed E-state index contributed by atoms with van der Waals surface area (Å²) in [5, 5.41) is 0. The molecule has 0 aliphatic heterocycles. The van der Waals surface area contributed by atoms with Crippen molar-refractivity contribution >= 4 is 17.4 Å². The van der Waals surface area contributed by atoms with Crippen molar-refractivity contribution in [1.29, 1.82) is 0 Å². The number of nitrogens with zero attached hydrogens (tertiary/aromatic N) is 1. The number of rotatable bonds is 5. The molecule has 1 unspecified atom stereocenters. The summed E-state index contributed by atoms with van der Waals surface area (Å²) in [5.74, 6) is 0.804. The Hall–Kier alpha value is -0.740. The van der Waals surface area contributed by atoms with Crippen molar-refractivity contribution in [2.24, 2.45) is 0 Å². The fourth-order valence-corrected chi connectivity index (χ4v) is 2.24. The van der Waals surface area contributed by atoms with Gasteiger partial charge in [-0.15, -0.1) is 0 Å². The summed E-state index contributed by atoms with van der Waals surface area (Å²) in [4.78, 5) is 2.22. The van der Waals surface area contributed by atoms with E-state index in [9.17, 15) is 4.39 Å². The summed E-state index contributed by atoms with van der Waals surface area (Å²) < 4.78 is 12.9. The molecule has 1 aromatic rings. The summed E-state index contributed by atoms with van der Waals surface area (Å²) in [5.41, 5.74) is 7.29. The van der Waals surface area contributed by atoms with Gasteiger partial charge in [0.05, 0.1) is 0 Å². The van der Waals surface area contributed by atoms with Gasteiger partial charge in [0, 0.05) is 24.0 Å². The average Bonchev–Trinajstić information content (AvgIpc) is 2.22. The number of anilines is 1. The summed E-state index contributed by atoms with van der Waals surface area (Å²) in [6.07, 6.45) is 2.09. The maximum absolute atomic E-state index is 12.9. The van der Waals surface area contributed by atoms with Crippen LogP contribution in [0, 0.1) is 5.82 Å². The van der Waals surface area contributed by atoms with Crippen LogP contribution < -0.4 is 5.73 Å². The van der Waals surface area contributed by atoms with E-state index < -0.39 is 0 Å². The number of nitrogen functional groups attached to an aromatic ring is 1. The molecule has 0 aliphatic rings. The lowest BCUT2D eigenvalue weighted by atomic mass is 10.1. The van der Waals surface area contributed by atoms with E-state index in [0.29, 0.717) is 11.7 Å². The highest BCUT2D eigenvalue weighted by atomic mass is 32.2. The molecule has 0 aromatic heterocycles. The molecular weight excluding hydrogens is 223 g/mol. The minimum atomic E-state index is -0.277. The molecule has 0 fully saturated rings. The van der Waals surface area contributed by atoms with Gasteiger partial charge in [0.15, 0.2) is 0 Å². The molecule has 0 amide bonds. The average molecular weight is 242 g/mol. The summed E-state index contributed by atoms with van der Waals surface area (Å²) in [6, 6.07) is 5.08. The number of hydrogen-bond acceptors (Lipinski definition) is 3. The quantitative estimate of drug-likeness (QED) is 0.805. The molecule has 0 spiro atoms. The van der Waals surface area contributed by atoms with Gasteiger partial charge in [0.2, 0.25) is 0 Å². The number of thioether (sulfide) groups is 1. The van der Waals surface area contributed by atoms with E-state index in [1.165, 1.54) is 12.1 Å². The molecule has 1 atom stereocenters. The lowest BCUT2D eigenvalue weighted by Crippen LogP contribution is -2.30.